The van der Waals surface area contributed by atoms with Gasteiger partial charge in [-0.15, -0.1) is 0 Å². The van der Waals surface area contributed by atoms with E-state index in [1.165, 1.54) is 31.0 Å². The molecule has 0 bridgehead atoms. The summed E-state index contributed by atoms with van der Waals surface area (Å²) < 4.78 is 0. The second-order valence-corrected chi connectivity index (χ2v) is 7.74. The molecule has 0 spiro atoms. The summed E-state index contributed by atoms with van der Waals surface area (Å²) in [7, 11) is 2.00. The van der Waals surface area contributed by atoms with Crippen LogP contribution in [0.15, 0.2) is 55.0 Å². The minimum Gasteiger partial charge on any atom is -0.364 e. The fourth-order valence-electron chi connectivity index (χ4n) is 3.20. The van der Waals surface area contributed by atoms with Gasteiger partial charge >= 0.3 is 0 Å². The van der Waals surface area contributed by atoms with Gasteiger partial charge < -0.3 is 4.90 Å². The molecule has 4 rings (SSSR count). The number of amides is 1. The van der Waals surface area contributed by atoms with E-state index < -0.39 is 0 Å². The van der Waals surface area contributed by atoms with E-state index >= 15 is 0 Å². The average Bonchev–Trinajstić information content (AvgIpc) is 3.58. The Hall–Kier alpha value is -3.26. The van der Waals surface area contributed by atoms with Crippen LogP contribution in [-0.2, 0) is 4.79 Å². The highest BCUT2D eigenvalue weighted by molar-refractivity contribution is 7.80. The third-order valence-electron chi connectivity index (χ3n) is 4.90. The molecule has 30 heavy (non-hydrogen) atoms. The van der Waals surface area contributed by atoms with E-state index in [0.717, 1.165) is 18.0 Å². The van der Waals surface area contributed by atoms with E-state index in [1.807, 2.05) is 49.5 Å². The van der Waals surface area contributed by atoms with Crippen molar-refractivity contribution in [1.29, 1.82) is 0 Å². The van der Waals surface area contributed by atoms with Gasteiger partial charge in [-0.3, -0.25) is 9.78 Å². The number of benzene rings is 1. The summed E-state index contributed by atoms with van der Waals surface area (Å²) in [5, 5.41) is 0. The second kappa shape index (κ2) is 8.62. The molecule has 3 aromatic rings. The summed E-state index contributed by atoms with van der Waals surface area (Å²) in [4.78, 5) is 34.0. The standard InChI is InChI=1S/C22H22N6OS/c1-15(29)28(18-6-4-3-5-7-18)22-25-14-24-20(26-22)17-10-11-23-19(12-17)21(30)27(2)13-16-8-9-16/h3-7,10-12,14,16H,8-9,13H2,1-2H3. The highest BCUT2D eigenvalue weighted by Gasteiger charge is 2.24. The predicted octanol–water partition coefficient (Wildman–Crippen LogP) is 3.64. The zero-order valence-electron chi connectivity index (χ0n) is 16.9. The molecule has 1 aromatic carbocycles. The molecule has 0 unspecified atom stereocenters. The van der Waals surface area contributed by atoms with Crippen LogP contribution in [0.25, 0.3) is 11.4 Å². The maximum Gasteiger partial charge on any atom is 0.240 e. The molecular formula is C22H22N6OS. The van der Waals surface area contributed by atoms with Crippen LogP contribution in [-0.4, -0.2) is 49.3 Å². The molecule has 1 aliphatic carbocycles. The number of aromatic nitrogens is 4. The first-order valence-electron chi connectivity index (χ1n) is 9.79. The van der Waals surface area contributed by atoms with Gasteiger partial charge in [0.1, 0.15) is 11.3 Å². The van der Waals surface area contributed by atoms with E-state index in [4.69, 9.17) is 12.2 Å². The van der Waals surface area contributed by atoms with Crippen molar-refractivity contribution < 1.29 is 4.79 Å². The smallest absolute Gasteiger partial charge is 0.240 e. The highest BCUT2D eigenvalue weighted by Crippen LogP contribution is 2.30. The van der Waals surface area contributed by atoms with Crippen LogP contribution in [0.1, 0.15) is 25.5 Å². The Labute approximate surface area is 180 Å². The molecule has 1 fully saturated rings. The third-order valence-corrected chi connectivity index (χ3v) is 5.42. The van der Waals surface area contributed by atoms with Gasteiger partial charge in [-0.2, -0.15) is 4.98 Å². The number of hydrogen-bond acceptors (Lipinski definition) is 6. The van der Waals surface area contributed by atoms with Gasteiger partial charge in [0.15, 0.2) is 5.82 Å². The van der Waals surface area contributed by atoms with Crippen LogP contribution < -0.4 is 4.90 Å². The van der Waals surface area contributed by atoms with Crippen LogP contribution in [0.5, 0.6) is 0 Å². The first-order valence-corrected chi connectivity index (χ1v) is 10.2. The summed E-state index contributed by atoms with van der Waals surface area (Å²) in [5.74, 6) is 1.28. The summed E-state index contributed by atoms with van der Waals surface area (Å²) in [6, 6.07) is 13.0. The lowest BCUT2D eigenvalue weighted by atomic mass is 10.2. The van der Waals surface area contributed by atoms with Crippen molar-refractivity contribution in [2.75, 3.05) is 18.5 Å². The number of rotatable bonds is 6. The summed E-state index contributed by atoms with van der Waals surface area (Å²) in [6.07, 6.45) is 5.64. The van der Waals surface area contributed by atoms with Gasteiger partial charge in [0.05, 0.1) is 11.4 Å². The van der Waals surface area contributed by atoms with Crippen molar-refractivity contribution in [3.8, 4) is 11.4 Å². The van der Waals surface area contributed by atoms with Gasteiger partial charge in [-0.25, -0.2) is 14.9 Å². The Bertz CT molecular complexity index is 1070. The minimum atomic E-state index is -0.184. The first-order chi connectivity index (χ1) is 14.5. The number of carbonyl (C=O) groups excluding carboxylic acids is 1. The van der Waals surface area contributed by atoms with Crippen LogP contribution in [0.3, 0.4) is 0 Å². The van der Waals surface area contributed by atoms with Gasteiger partial charge in [0.25, 0.3) is 0 Å². The number of nitrogens with zero attached hydrogens (tertiary/aromatic N) is 6. The van der Waals surface area contributed by atoms with E-state index in [2.05, 4.69) is 24.8 Å². The molecule has 0 radical (unpaired) electrons. The van der Waals surface area contributed by atoms with Gasteiger partial charge in [-0.1, -0.05) is 30.4 Å². The zero-order valence-corrected chi connectivity index (χ0v) is 17.7. The molecule has 8 heteroatoms. The molecule has 0 N–H and O–H groups in total. The van der Waals surface area contributed by atoms with Crippen molar-refractivity contribution in [2.24, 2.45) is 5.92 Å². The summed E-state index contributed by atoms with van der Waals surface area (Å²) in [6.45, 7) is 2.43. The largest absolute Gasteiger partial charge is 0.364 e. The minimum absolute atomic E-state index is 0.184. The lowest BCUT2D eigenvalue weighted by Crippen LogP contribution is -2.28. The lowest BCUT2D eigenvalue weighted by molar-refractivity contribution is -0.115. The molecule has 0 atom stereocenters. The van der Waals surface area contributed by atoms with Crippen LogP contribution in [0.2, 0.25) is 0 Å². The normalized spacial score (nSPS) is 13.0. The summed E-state index contributed by atoms with van der Waals surface area (Å²) >= 11 is 5.62. The topological polar surface area (TPSA) is 75.1 Å². The van der Waals surface area contributed by atoms with Gasteiger partial charge in [0, 0.05) is 32.3 Å². The Morgan fingerprint density at radius 3 is 2.60 bits per heavy atom. The molecule has 2 heterocycles. The maximum atomic E-state index is 12.3. The number of para-hydroxylation sites is 1. The van der Waals surface area contributed by atoms with Crippen molar-refractivity contribution in [1.82, 2.24) is 24.8 Å². The maximum absolute atomic E-state index is 12.3. The Morgan fingerprint density at radius 1 is 1.13 bits per heavy atom. The number of hydrogen-bond donors (Lipinski definition) is 0. The van der Waals surface area contributed by atoms with Crippen LogP contribution in [0.4, 0.5) is 11.6 Å². The average molecular weight is 419 g/mol. The predicted molar refractivity (Wildman–Crippen MR) is 119 cm³/mol. The van der Waals surface area contributed by atoms with Crippen molar-refractivity contribution in [3.63, 3.8) is 0 Å². The third kappa shape index (κ3) is 4.49. The van der Waals surface area contributed by atoms with E-state index in [9.17, 15) is 4.79 Å². The van der Waals surface area contributed by atoms with E-state index in [-0.39, 0.29) is 11.9 Å². The van der Waals surface area contributed by atoms with E-state index in [0.29, 0.717) is 22.2 Å². The molecule has 1 aliphatic rings. The molecule has 0 aliphatic heterocycles. The van der Waals surface area contributed by atoms with Crippen molar-refractivity contribution in [2.45, 2.75) is 19.8 Å². The van der Waals surface area contributed by atoms with Gasteiger partial charge in [0.2, 0.25) is 11.9 Å². The Morgan fingerprint density at radius 2 is 1.90 bits per heavy atom. The van der Waals surface area contributed by atoms with Crippen LogP contribution in [0, 0.1) is 5.92 Å². The van der Waals surface area contributed by atoms with Gasteiger partial charge in [-0.05, 0) is 43.0 Å². The Kier molecular flexibility index (Phi) is 5.76. The fourth-order valence-corrected chi connectivity index (χ4v) is 3.39. The second-order valence-electron chi connectivity index (χ2n) is 7.36. The number of thiocarbonyl (C=S) groups is 1. The van der Waals surface area contributed by atoms with Crippen molar-refractivity contribution in [3.05, 3.63) is 60.7 Å². The molecule has 1 amide bonds. The monoisotopic (exact) mass is 418 g/mol. The first kappa shape index (κ1) is 20.0. The molecule has 7 nitrogen and oxygen atoms in total. The highest BCUT2D eigenvalue weighted by atomic mass is 32.1. The zero-order chi connectivity index (χ0) is 21.1. The number of pyridine rings is 1. The number of anilines is 2. The lowest BCUT2D eigenvalue weighted by Gasteiger charge is -2.20. The molecule has 2 aromatic heterocycles. The molecule has 0 saturated heterocycles. The molecule has 1 saturated carbocycles. The SMILES string of the molecule is CC(=O)N(c1ccccc1)c1ncnc(-c2ccnc(C(=S)N(C)CC3CC3)c2)n1. The Balaban J connectivity index is 1.63. The van der Waals surface area contributed by atoms with Crippen LogP contribution >= 0.6 is 12.2 Å². The molecule has 152 valence electrons. The number of carbonyl (C=O) groups is 1. The molecular weight excluding hydrogens is 396 g/mol. The van der Waals surface area contributed by atoms with Crippen molar-refractivity contribution >= 4 is 34.7 Å². The summed E-state index contributed by atoms with van der Waals surface area (Å²) in [5.41, 5.74) is 2.17. The fraction of sp³-hybridized carbons (Fsp3) is 0.273. The quantitative estimate of drug-likeness (QED) is 0.566. The van der Waals surface area contributed by atoms with E-state index in [1.54, 1.807) is 6.20 Å².